The Kier molecular flexibility index (Phi) is 3.99. The van der Waals surface area contributed by atoms with Crippen molar-refractivity contribution >= 4 is 28.6 Å². The molecule has 0 aromatic carbocycles. The highest BCUT2D eigenvalue weighted by Gasteiger charge is 2.06. The third kappa shape index (κ3) is 3.18. The third-order valence-corrected chi connectivity index (χ3v) is 4.58. The van der Waals surface area contributed by atoms with Gasteiger partial charge in [0, 0.05) is 10.4 Å². The molecule has 0 saturated carbocycles. The molecular formula is C15H13NO2S2. The summed E-state index contributed by atoms with van der Waals surface area (Å²) in [6.07, 6.45) is 3.83. The first-order valence-electron chi connectivity index (χ1n) is 6.19. The fourth-order valence-corrected chi connectivity index (χ4v) is 3.38. The number of rotatable bonds is 5. The molecule has 20 heavy (non-hydrogen) atoms. The van der Waals surface area contributed by atoms with Gasteiger partial charge in [-0.1, -0.05) is 0 Å². The molecule has 0 aliphatic carbocycles. The molecule has 3 heterocycles. The van der Waals surface area contributed by atoms with Crippen LogP contribution in [0.4, 0.5) is 0 Å². The van der Waals surface area contributed by atoms with Crippen LogP contribution in [0.15, 0.2) is 51.3 Å². The van der Waals surface area contributed by atoms with Crippen LogP contribution in [0.1, 0.15) is 10.4 Å². The first-order valence-corrected chi connectivity index (χ1v) is 8.01. The van der Waals surface area contributed by atoms with Crippen molar-refractivity contribution in [2.24, 2.45) is 0 Å². The molecule has 3 rings (SSSR count). The van der Waals surface area contributed by atoms with Gasteiger partial charge in [0.2, 0.25) is 5.91 Å². The number of thiophene rings is 2. The number of nitrogens with one attached hydrogen (secondary N) is 1. The average Bonchev–Trinajstić information content (AvgIpc) is 3.18. The van der Waals surface area contributed by atoms with Crippen molar-refractivity contribution in [3.63, 3.8) is 0 Å². The van der Waals surface area contributed by atoms with E-state index >= 15 is 0 Å². The molecule has 1 N–H and O–H groups in total. The Hall–Kier alpha value is -1.85. The monoisotopic (exact) mass is 303 g/mol. The predicted octanol–water partition coefficient (Wildman–Crippen LogP) is 3.93. The lowest BCUT2D eigenvalue weighted by molar-refractivity contribution is -0.120. The van der Waals surface area contributed by atoms with Gasteiger partial charge >= 0.3 is 0 Å². The summed E-state index contributed by atoms with van der Waals surface area (Å²) in [5, 5.41) is 9.01. The van der Waals surface area contributed by atoms with E-state index < -0.39 is 0 Å². The van der Waals surface area contributed by atoms with Crippen LogP contribution in [0.3, 0.4) is 0 Å². The molecule has 0 aliphatic rings. The van der Waals surface area contributed by atoms with Crippen molar-refractivity contribution in [3.8, 4) is 11.1 Å². The van der Waals surface area contributed by atoms with Gasteiger partial charge in [-0.15, -0.1) is 11.3 Å². The minimum atomic E-state index is 0.0571. The van der Waals surface area contributed by atoms with E-state index in [0.29, 0.717) is 13.0 Å². The lowest BCUT2D eigenvalue weighted by Crippen LogP contribution is -2.23. The molecule has 3 aromatic rings. The van der Waals surface area contributed by atoms with Crippen molar-refractivity contribution < 1.29 is 9.21 Å². The molecule has 0 spiro atoms. The topological polar surface area (TPSA) is 42.2 Å². The summed E-state index contributed by atoms with van der Waals surface area (Å²) < 4.78 is 5.07. The van der Waals surface area contributed by atoms with Crippen LogP contribution in [0.5, 0.6) is 0 Å². The molecule has 0 aliphatic heterocycles. The Morgan fingerprint density at radius 2 is 2.20 bits per heavy atom. The minimum Gasteiger partial charge on any atom is -0.472 e. The Morgan fingerprint density at radius 1 is 1.25 bits per heavy atom. The van der Waals surface area contributed by atoms with Crippen molar-refractivity contribution in [1.82, 2.24) is 5.32 Å². The van der Waals surface area contributed by atoms with Crippen LogP contribution in [0.2, 0.25) is 0 Å². The summed E-state index contributed by atoms with van der Waals surface area (Å²) in [5.74, 6) is 0.0571. The summed E-state index contributed by atoms with van der Waals surface area (Å²) in [7, 11) is 0. The highest BCUT2D eigenvalue weighted by molar-refractivity contribution is 7.10. The Bertz CT molecular complexity index is 669. The van der Waals surface area contributed by atoms with Gasteiger partial charge in [-0.05, 0) is 45.5 Å². The van der Waals surface area contributed by atoms with Crippen molar-refractivity contribution in [2.45, 2.75) is 13.0 Å². The summed E-state index contributed by atoms with van der Waals surface area (Å²) in [5.41, 5.74) is 3.26. The second-order valence-electron chi connectivity index (χ2n) is 4.40. The maximum absolute atomic E-state index is 11.8. The molecule has 0 unspecified atom stereocenters. The first-order chi connectivity index (χ1) is 9.81. The van der Waals surface area contributed by atoms with Crippen LogP contribution >= 0.6 is 22.7 Å². The molecule has 0 saturated heterocycles. The number of furan rings is 1. The summed E-state index contributed by atoms with van der Waals surface area (Å²) in [6.45, 7) is 0.575. The lowest BCUT2D eigenvalue weighted by Gasteiger charge is -2.02. The zero-order chi connectivity index (χ0) is 13.8. The average molecular weight is 303 g/mol. The zero-order valence-electron chi connectivity index (χ0n) is 10.7. The molecule has 5 heteroatoms. The molecule has 0 radical (unpaired) electrons. The Morgan fingerprint density at radius 3 is 2.95 bits per heavy atom. The van der Waals surface area contributed by atoms with Crippen molar-refractivity contribution in [3.05, 3.63) is 57.3 Å². The van der Waals surface area contributed by atoms with Crippen LogP contribution in [0, 0.1) is 0 Å². The summed E-state index contributed by atoms with van der Waals surface area (Å²) in [6, 6.07) is 5.99. The maximum atomic E-state index is 11.8. The normalized spacial score (nSPS) is 10.6. The maximum Gasteiger partial charge on any atom is 0.224 e. The quantitative estimate of drug-likeness (QED) is 0.776. The number of amides is 1. The SMILES string of the molecule is O=C(Cc1ccsc1)NCc1cc(-c2ccoc2)cs1. The standard InChI is InChI=1S/C15H13NO2S2/c17-15(5-11-2-4-19-9-11)16-7-14-6-13(10-20-14)12-1-3-18-8-12/h1-4,6,8-10H,5,7H2,(H,16,17). The summed E-state index contributed by atoms with van der Waals surface area (Å²) in [4.78, 5) is 12.9. The molecule has 0 fully saturated rings. The molecule has 102 valence electrons. The highest BCUT2D eigenvalue weighted by Crippen LogP contribution is 2.25. The summed E-state index contributed by atoms with van der Waals surface area (Å²) >= 11 is 3.25. The second-order valence-corrected chi connectivity index (χ2v) is 6.17. The second kappa shape index (κ2) is 6.07. The van der Waals surface area contributed by atoms with Crippen LogP contribution in [-0.4, -0.2) is 5.91 Å². The van der Waals surface area contributed by atoms with E-state index in [-0.39, 0.29) is 5.91 Å². The van der Waals surface area contributed by atoms with E-state index in [0.717, 1.165) is 21.6 Å². The number of carbonyl (C=O) groups excluding carboxylic acids is 1. The minimum absolute atomic E-state index is 0.0571. The fourth-order valence-electron chi connectivity index (χ4n) is 1.88. The zero-order valence-corrected chi connectivity index (χ0v) is 12.3. The van der Waals surface area contributed by atoms with Gasteiger partial charge in [0.25, 0.3) is 0 Å². The van der Waals surface area contributed by atoms with Crippen LogP contribution in [-0.2, 0) is 17.8 Å². The lowest BCUT2D eigenvalue weighted by atomic mass is 10.2. The third-order valence-electron chi connectivity index (χ3n) is 2.91. The Labute approximate surface area is 124 Å². The molecule has 1 amide bonds. The Balaban J connectivity index is 1.55. The van der Waals surface area contributed by atoms with Gasteiger partial charge in [-0.25, -0.2) is 0 Å². The van der Waals surface area contributed by atoms with E-state index in [1.54, 1.807) is 35.2 Å². The molecule has 0 atom stereocenters. The van der Waals surface area contributed by atoms with Crippen LogP contribution < -0.4 is 5.32 Å². The molecular weight excluding hydrogens is 290 g/mol. The number of hydrogen-bond acceptors (Lipinski definition) is 4. The fraction of sp³-hybridized carbons (Fsp3) is 0.133. The highest BCUT2D eigenvalue weighted by atomic mass is 32.1. The van der Waals surface area contributed by atoms with E-state index in [4.69, 9.17) is 4.42 Å². The predicted molar refractivity (Wildman–Crippen MR) is 81.9 cm³/mol. The van der Waals surface area contributed by atoms with E-state index in [1.165, 1.54) is 0 Å². The van der Waals surface area contributed by atoms with Crippen molar-refractivity contribution in [1.29, 1.82) is 0 Å². The number of hydrogen-bond donors (Lipinski definition) is 1. The van der Waals surface area contributed by atoms with Gasteiger partial charge in [-0.2, -0.15) is 11.3 Å². The van der Waals surface area contributed by atoms with E-state index in [2.05, 4.69) is 16.8 Å². The van der Waals surface area contributed by atoms with E-state index in [9.17, 15) is 4.79 Å². The molecule has 3 aromatic heterocycles. The van der Waals surface area contributed by atoms with Gasteiger partial charge in [0.05, 0.1) is 25.5 Å². The van der Waals surface area contributed by atoms with Gasteiger partial charge in [0.1, 0.15) is 0 Å². The van der Waals surface area contributed by atoms with Gasteiger partial charge < -0.3 is 9.73 Å². The smallest absolute Gasteiger partial charge is 0.224 e. The van der Waals surface area contributed by atoms with Crippen LogP contribution in [0.25, 0.3) is 11.1 Å². The van der Waals surface area contributed by atoms with Crippen molar-refractivity contribution in [2.75, 3.05) is 0 Å². The first kappa shape index (κ1) is 13.1. The molecule has 0 bridgehead atoms. The van der Waals surface area contributed by atoms with E-state index in [1.807, 2.05) is 22.9 Å². The van der Waals surface area contributed by atoms with Gasteiger partial charge in [0.15, 0.2) is 0 Å². The van der Waals surface area contributed by atoms with Gasteiger partial charge in [-0.3, -0.25) is 4.79 Å². The molecule has 3 nitrogen and oxygen atoms in total. The largest absolute Gasteiger partial charge is 0.472 e. The number of carbonyl (C=O) groups is 1.